The molecule has 3 N–H and O–H groups in total. The molecule has 15 heavy (non-hydrogen) atoms. The number of carbonyl (C=O) groups excluding carboxylic acids is 1. The molecule has 0 fully saturated rings. The fourth-order valence-corrected chi connectivity index (χ4v) is 1.23. The van der Waals surface area contributed by atoms with Gasteiger partial charge in [-0.2, -0.15) is 0 Å². The lowest BCUT2D eigenvalue weighted by Gasteiger charge is -2.12. The van der Waals surface area contributed by atoms with Crippen molar-refractivity contribution in [3.8, 4) is 0 Å². The molecule has 0 aliphatic heterocycles. The van der Waals surface area contributed by atoms with Gasteiger partial charge in [0.05, 0.1) is 6.04 Å². The number of H-pyrrole nitrogens is 1. The molecule has 1 rings (SSSR count). The van der Waals surface area contributed by atoms with Crippen LogP contribution in [0.1, 0.15) is 26.0 Å². The summed E-state index contributed by atoms with van der Waals surface area (Å²) in [7, 11) is 0. The number of hydrogen-bond donors (Lipinski definition) is 3. The lowest BCUT2D eigenvalue weighted by atomic mass is 10.3. The first kappa shape index (κ1) is 11.8. The summed E-state index contributed by atoms with van der Waals surface area (Å²) in [6.45, 7) is 5.34. The van der Waals surface area contributed by atoms with Crippen molar-refractivity contribution < 1.29 is 4.79 Å². The first-order chi connectivity index (χ1) is 7.24. The number of nitrogens with one attached hydrogen (secondary N) is 3. The van der Waals surface area contributed by atoms with Crippen LogP contribution >= 0.6 is 0 Å². The van der Waals surface area contributed by atoms with Crippen LogP contribution in [0.5, 0.6) is 0 Å². The molecule has 0 aromatic carbocycles. The average molecular weight is 209 g/mol. The van der Waals surface area contributed by atoms with Gasteiger partial charge >= 0.3 is 0 Å². The van der Waals surface area contributed by atoms with Gasteiger partial charge in [-0.3, -0.25) is 4.79 Å². The molecule has 4 heteroatoms. The fourth-order valence-electron chi connectivity index (χ4n) is 1.23. The summed E-state index contributed by atoms with van der Waals surface area (Å²) in [6, 6.07) is 3.78. The van der Waals surface area contributed by atoms with E-state index in [-0.39, 0.29) is 11.9 Å². The highest BCUT2D eigenvalue weighted by Gasteiger charge is 2.10. The molecule has 0 radical (unpaired) electrons. The van der Waals surface area contributed by atoms with Crippen molar-refractivity contribution in [2.75, 3.05) is 6.54 Å². The summed E-state index contributed by atoms with van der Waals surface area (Å²) in [5.74, 6) is 0.0587. The molecule has 0 saturated heterocycles. The van der Waals surface area contributed by atoms with Gasteiger partial charge < -0.3 is 15.6 Å². The number of amides is 1. The third-order valence-electron chi connectivity index (χ3n) is 2.20. The van der Waals surface area contributed by atoms with Crippen molar-refractivity contribution in [2.24, 2.45) is 0 Å². The molecule has 1 amide bonds. The van der Waals surface area contributed by atoms with Crippen LogP contribution in [0.25, 0.3) is 0 Å². The van der Waals surface area contributed by atoms with Gasteiger partial charge in [0.25, 0.3) is 0 Å². The molecule has 0 aliphatic rings. The van der Waals surface area contributed by atoms with Gasteiger partial charge in [-0.1, -0.05) is 6.92 Å². The molecule has 4 nitrogen and oxygen atoms in total. The highest BCUT2D eigenvalue weighted by molar-refractivity contribution is 5.81. The summed E-state index contributed by atoms with van der Waals surface area (Å²) in [5.41, 5.74) is 1.09. The van der Waals surface area contributed by atoms with Gasteiger partial charge in [0.1, 0.15) is 0 Å². The van der Waals surface area contributed by atoms with Crippen molar-refractivity contribution in [1.82, 2.24) is 15.6 Å². The summed E-state index contributed by atoms with van der Waals surface area (Å²) >= 11 is 0. The monoisotopic (exact) mass is 209 g/mol. The number of carbonyl (C=O) groups is 1. The van der Waals surface area contributed by atoms with Gasteiger partial charge in [0, 0.05) is 25.0 Å². The molecular formula is C11H19N3O. The minimum absolute atomic E-state index is 0.0587. The summed E-state index contributed by atoms with van der Waals surface area (Å²) in [5, 5.41) is 6.00. The number of aromatic amines is 1. The van der Waals surface area contributed by atoms with Crippen molar-refractivity contribution in [1.29, 1.82) is 0 Å². The molecule has 1 atom stereocenters. The Balaban J connectivity index is 2.23. The normalized spacial score (nSPS) is 12.4. The SMILES string of the molecule is CCCNC(=O)C(C)NCc1ccc[nH]1. The number of rotatable bonds is 6. The van der Waals surface area contributed by atoms with Crippen molar-refractivity contribution >= 4 is 5.91 Å². The minimum atomic E-state index is -0.153. The largest absolute Gasteiger partial charge is 0.364 e. The van der Waals surface area contributed by atoms with E-state index in [2.05, 4.69) is 15.6 Å². The summed E-state index contributed by atoms with van der Waals surface area (Å²) in [6.07, 6.45) is 2.84. The Morgan fingerprint density at radius 3 is 3.00 bits per heavy atom. The Hall–Kier alpha value is -1.29. The highest BCUT2D eigenvalue weighted by Crippen LogP contribution is 1.94. The Morgan fingerprint density at radius 1 is 1.60 bits per heavy atom. The van der Waals surface area contributed by atoms with E-state index in [1.165, 1.54) is 0 Å². The lowest BCUT2D eigenvalue weighted by Crippen LogP contribution is -2.42. The topological polar surface area (TPSA) is 56.9 Å². The molecule has 1 aromatic heterocycles. The fraction of sp³-hybridized carbons (Fsp3) is 0.545. The maximum absolute atomic E-state index is 11.5. The highest BCUT2D eigenvalue weighted by atomic mass is 16.2. The summed E-state index contributed by atoms with van der Waals surface area (Å²) < 4.78 is 0. The van der Waals surface area contributed by atoms with Gasteiger partial charge in [-0.25, -0.2) is 0 Å². The van der Waals surface area contributed by atoms with E-state index in [0.717, 1.165) is 18.7 Å². The second kappa shape index (κ2) is 6.24. The molecule has 1 heterocycles. The van der Waals surface area contributed by atoms with Gasteiger partial charge in [-0.05, 0) is 25.5 Å². The Kier molecular flexibility index (Phi) is 4.90. The smallest absolute Gasteiger partial charge is 0.236 e. The zero-order valence-corrected chi connectivity index (χ0v) is 9.34. The Labute approximate surface area is 90.5 Å². The molecule has 0 aliphatic carbocycles. The van der Waals surface area contributed by atoms with Crippen LogP contribution in [0.3, 0.4) is 0 Å². The number of hydrogen-bond acceptors (Lipinski definition) is 2. The van der Waals surface area contributed by atoms with Crippen molar-refractivity contribution in [2.45, 2.75) is 32.9 Å². The maximum Gasteiger partial charge on any atom is 0.236 e. The maximum atomic E-state index is 11.5. The third kappa shape index (κ3) is 4.16. The molecule has 0 spiro atoms. The standard InChI is InChI=1S/C11H19N3O/c1-3-6-13-11(15)9(2)14-8-10-5-4-7-12-10/h4-5,7,9,12,14H,3,6,8H2,1-2H3,(H,13,15). The van der Waals surface area contributed by atoms with E-state index in [1.807, 2.05) is 32.2 Å². The van der Waals surface area contributed by atoms with Gasteiger partial charge in [-0.15, -0.1) is 0 Å². The Morgan fingerprint density at radius 2 is 2.40 bits per heavy atom. The van der Waals surface area contributed by atoms with Gasteiger partial charge in [0.15, 0.2) is 0 Å². The predicted octanol–water partition coefficient (Wildman–Crippen LogP) is 1.02. The van der Waals surface area contributed by atoms with E-state index < -0.39 is 0 Å². The predicted molar refractivity (Wildman–Crippen MR) is 60.4 cm³/mol. The van der Waals surface area contributed by atoms with Gasteiger partial charge in [0.2, 0.25) is 5.91 Å². The van der Waals surface area contributed by atoms with E-state index in [4.69, 9.17) is 0 Å². The Bertz CT molecular complexity index is 282. The summed E-state index contributed by atoms with van der Waals surface area (Å²) in [4.78, 5) is 14.6. The van der Waals surface area contributed by atoms with Crippen molar-refractivity contribution in [3.05, 3.63) is 24.0 Å². The lowest BCUT2D eigenvalue weighted by molar-refractivity contribution is -0.122. The van der Waals surface area contributed by atoms with Crippen LogP contribution < -0.4 is 10.6 Å². The third-order valence-corrected chi connectivity index (χ3v) is 2.20. The molecule has 0 bridgehead atoms. The first-order valence-electron chi connectivity index (χ1n) is 5.37. The second-order valence-corrected chi connectivity index (χ2v) is 3.59. The minimum Gasteiger partial charge on any atom is -0.364 e. The van der Waals surface area contributed by atoms with E-state index in [1.54, 1.807) is 0 Å². The van der Waals surface area contributed by atoms with Crippen molar-refractivity contribution in [3.63, 3.8) is 0 Å². The van der Waals surface area contributed by atoms with Crippen LogP contribution in [0.2, 0.25) is 0 Å². The second-order valence-electron chi connectivity index (χ2n) is 3.59. The molecular weight excluding hydrogens is 190 g/mol. The molecule has 84 valence electrons. The molecule has 1 unspecified atom stereocenters. The van der Waals surface area contributed by atoms with Crippen LogP contribution in [0, 0.1) is 0 Å². The number of aromatic nitrogens is 1. The molecule has 1 aromatic rings. The van der Waals surface area contributed by atoms with Crippen LogP contribution in [-0.2, 0) is 11.3 Å². The quantitative estimate of drug-likeness (QED) is 0.655. The van der Waals surface area contributed by atoms with Crippen LogP contribution in [0.15, 0.2) is 18.3 Å². The van der Waals surface area contributed by atoms with E-state index >= 15 is 0 Å². The average Bonchev–Trinajstić information content (AvgIpc) is 2.75. The first-order valence-corrected chi connectivity index (χ1v) is 5.37. The van der Waals surface area contributed by atoms with Crippen LogP contribution in [-0.4, -0.2) is 23.5 Å². The zero-order chi connectivity index (χ0) is 11.1. The zero-order valence-electron chi connectivity index (χ0n) is 9.34. The van der Waals surface area contributed by atoms with Crippen LogP contribution in [0.4, 0.5) is 0 Å². The molecule has 0 saturated carbocycles. The van der Waals surface area contributed by atoms with E-state index in [0.29, 0.717) is 6.54 Å². The van der Waals surface area contributed by atoms with E-state index in [9.17, 15) is 4.79 Å².